The molecule has 0 atom stereocenters. The molecule has 37 heavy (non-hydrogen) atoms. The number of benzene rings is 3. The first-order chi connectivity index (χ1) is 17.8. The predicted octanol–water partition coefficient (Wildman–Crippen LogP) is 6.95. The average molecular weight is 577 g/mol. The highest BCUT2D eigenvalue weighted by Crippen LogP contribution is 2.37. The number of carbonyl (C=O) groups excluding carboxylic acids is 2. The fraction of sp³-hybridized carbons (Fsp3) is 0.115. The molecule has 6 nitrogen and oxygen atoms in total. The van der Waals surface area contributed by atoms with Gasteiger partial charge in [-0.1, -0.05) is 59.3 Å². The number of hydrogen-bond donors (Lipinski definition) is 1. The molecule has 0 unspecified atom stereocenters. The van der Waals surface area contributed by atoms with Crippen LogP contribution >= 0.6 is 47.2 Å². The zero-order valence-electron chi connectivity index (χ0n) is 19.3. The Morgan fingerprint density at radius 3 is 2.59 bits per heavy atom. The molecule has 2 amide bonds. The third-order valence-corrected chi connectivity index (χ3v) is 7.15. The smallest absolute Gasteiger partial charge is 0.270 e. The molecular formula is C26H19Cl2FN2O4S2. The van der Waals surface area contributed by atoms with Gasteiger partial charge in [0.05, 0.1) is 32.9 Å². The van der Waals surface area contributed by atoms with Crippen molar-refractivity contribution in [1.82, 2.24) is 0 Å². The van der Waals surface area contributed by atoms with Crippen molar-refractivity contribution in [3.63, 3.8) is 0 Å². The number of carbonyl (C=O) groups is 2. The number of nitrogens with zero attached hydrogens (tertiary/aromatic N) is 1. The predicted molar refractivity (Wildman–Crippen MR) is 150 cm³/mol. The maximum Gasteiger partial charge on any atom is 0.270 e. The van der Waals surface area contributed by atoms with Gasteiger partial charge in [0.1, 0.15) is 5.82 Å². The van der Waals surface area contributed by atoms with Crippen LogP contribution in [0.1, 0.15) is 12.5 Å². The normalized spacial score (nSPS) is 14.3. The lowest BCUT2D eigenvalue weighted by molar-refractivity contribution is -0.118. The summed E-state index contributed by atoms with van der Waals surface area (Å²) in [7, 11) is 0. The van der Waals surface area contributed by atoms with Gasteiger partial charge in [0.15, 0.2) is 22.4 Å². The second kappa shape index (κ2) is 12.0. The summed E-state index contributed by atoms with van der Waals surface area (Å²) in [5, 5.41) is 3.21. The highest BCUT2D eigenvalue weighted by atomic mass is 35.5. The van der Waals surface area contributed by atoms with Gasteiger partial charge in [-0.25, -0.2) is 4.39 Å². The molecule has 1 aliphatic heterocycles. The number of thiocarbonyl (C=S) groups is 1. The summed E-state index contributed by atoms with van der Waals surface area (Å²) in [5.41, 5.74) is 1.54. The standard InChI is InChI=1S/C26H19Cl2FN2O4S2/c1-2-34-21-12-15(13-22-25(33)31(26(36)37-22)17-9-7-16(29)8-10-17)6-11-20(21)35-14-23(32)30-19-5-3-4-18(27)24(19)28/h3-13H,2,14H2,1H3,(H,30,32)/b22-13-. The SMILES string of the molecule is CCOc1cc(/C=C2\SC(=S)N(c3ccc(F)cc3)C2=O)ccc1OCC(=O)Nc1cccc(Cl)c1Cl. The van der Waals surface area contributed by atoms with Crippen LogP contribution in [0.15, 0.2) is 65.6 Å². The first-order valence-electron chi connectivity index (χ1n) is 10.9. The highest BCUT2D eigenvalue weighted by Gasteiger charge is 2.33. The molecule has 1 fully saturated rings. The molecule has 0 bridgehead atoms. The van der Waals surface area contributed by atoms with Crippen LogP contribution in [0, 0.1) is 5.82 Å². The molecule has 1 saturated heterocycles. The first kappa shape index (κ1) is 26.9. The molecule has 1 heterocycles. The Balaban J connectivity index is 1.48. The Morgan fingerprint density at radius 1 is 1.11 bits per heavy atom. The van der Waals surface area contributed by atoms with Crippen LogP contribution in [0.25, 0.3) is 6.08 Å². The third-order valence-electron chi connectivity index (χ3n) is 5.03. The fourth-order valence-corrected chi connectivity index (χ4v) is 5.01. The van der Waals surface area contributed by atoms with Gasteiger partial charge < -0.3 is 14.8 Å². The number of hydrogen-bond acceptors (Lipinski definition) is 6. The summed E-state index contributed by atoms with van der Waals surface area (Å²) in [6.07, 6.45) is 1.68. The fourth-order valence-electron chi connectivity index (χ4n) is 3.36. The third kappa shape index (κ3) is 6.42. The van der Waals surface area contributed by atoms with Crippen LogP contribution in [0.3, 0.4) is 0 Å². The number of rotatable bonds is 8. The van der Waals surface area contributed by atoms with Crippen LogP contribution in [-0.2, 0) is 9.59 Å². The van der Waals surface area contributed by atoms with Gasteiger partial charge in [-0.3, -0.25) is 14.5 Å². The van der Waals surface area contributed by atoms with E-state index in [9.17, 15) is 14.0 Å². The monoisotopic (exact) mass is 576 g/mol. The molecule has 3 aromatic rings. The molecule has 1 aliphatic rings. The van der Waals surface area contributed by atoms with E-state index in [0.717, 1.165) is 11.8 Å². The number of halogens is 3. The highest BCUT2D eigenvalue weighted by molar-refractivity contribution is 8.27. The Kier molecular flexibility index (Phi) is 8.71. The Bertz CT molecular complexity index is 1400. The summed E-state index contributed by atoms with van der Waals surface area (Å²) in [6.45, 7) is 1.88. The van der Waals surface area contributed by atoms with Gasteiger partial charge in [-0.05, 0) is 67.1 Å². The summed E-state index contributed by atoms with van der Waals surface area (Å²) >= 11 is 18.6. The van der Waals surface area contributed by atoms with Crippen molar-refractivity contribution < 1.29 is 23.5 Å². The number of anilines is 2. The molecule has 1 N–H and O–H groups in total. The topological polar surface area (TPSA) is 67.9 Å². The summed E-state index contributed by atoms with van der Waals surface area (Å²) in [5.74, 6) is -0.387. The van der Waals surface area contributed by atoms with E-state index in [1.54, 1.807) is 42.5 Å². The van der Waals surface area contributed by atoms with Crippen LogP contribution in [0.4, 0.5) is 15.8 Å². The van der Waals surface area contributed by atoms with Gasteiger partial charge in [-0.2, -0.15) is 0 Å². The largest absolute Gasteiger partial charge is 0.490 e. The van der Waals surface area contributed by atoms with Crippen molar-refractivity contribution in [2.45, 2.75) is 6.92 Å². The lowest BCUT2D eigenvalue weighted by Gasteiger charge is -2.14. The first-order valence-corrected chi connectivity index (χ1v) is 12.9. The Hall–Kier alpha value is -3.11. The lowest BCUT2D eigenvalue weighted by Crippen LogP contribution is -2.27. The van der Waals surface area contributed by atoms with E-state index in [2.05, 4.69) is 5.32 Å². The molecule has 0 spiro atoms. The Morgan fingerprint density at radius 2 is 1.86 bits per heavy atom. The van der Waals surface area contributed by atoms with Gasteiger partial charge in [0, 0.05) is 0 Å². The van der Waals surface area contributed by atoms with Gasteiger partial charge in [0.25, 0.3) is 11.8 Å². The van der Waals surface area contributed by atoms with E-state index in [-0.39, 0.29) is 17.5 Å². The zero-order chi connectivity index (χ0) is 26.5. The van der Waals surface area contributed by atoms with E-state index >= 15 is 0 Å². The quantitative estimate of drug-likeness (QED) is 0.231. The van der Waals surface area contributed by atoms with E-state index in [0.29, 0.717) is 49.3 Å². The molecule has 0 saturated carbocycles. The van der Waals surface area contributed by atoms with Crippen LogP contribution < -0.4 is 19.7 Å². The van der Waals surface area contributed by atoms with E-state index < -0.39 is 11.7 Å². The molecule has 3 aromatic carbocycles. The lowest BCUT2D eigenvalue weighted by atomic mass is 10.1. The van der Waals surface area contributed by atoms with Crippen LogP contribution in [0.2, 0.25) is 10.0 Å². The van der Waals surface area contributed by atoms with Crippen molar-refractivity contribution in [1.29, 1.82) is 0 Å². The molecule has 11 heteroatoms. The van der Waals surface area contributed by atoms with Gasteiger partial charge in [0.2, 0.25) is 0 Å². The maximum atomic E-state index is 13.3. The average Bonchev–Trinajstić information content (AvgIpc) is 3.14. The van der Waals surface area contributed by atoms with Crippen molar-refractivity contribution in [2.24, 2.45) is 0 Å². The van der Waals surface area contributed by atoms with Crippen LogP contribution in [-0.4, -0.2) is 29.3 Å². The Labute approximate surface area is 232 Å². The van der Waals surface area contributed by atoms with E-state index in [1.165, 1.54) is 29.2 Å². The molecule has 0 aromatic heterocycles. The molecular weight excluding hydrogens is 558 g/mol. The minimum atomic E-state index is -0.430. The van der Waals surface area contributed by atoms with Crippen molar-refractivity contribution in [3.05, 3.63) is 87.0 Å². The zero-order valence-corrected chi connectivity index (χ0v) is 22.4. The number of thioether (sulfide) groups is 1. The molecule has 0 radical (unpaired) electrons. The summed E-state index contributed by atoms with van der Waals surface area (Å²) in [4.78, 5) is 27.1. The van der Waals surface area contributed by atoms with Gasteiger partial charge >= 0.3 is 0 Å². The number of ether oxygens (including phenoxy) is 2. The molecule has 0 aliphatic carbocycles. The van der Waals surface area contributed by atoms with E-state index in [4.69, 9.17) is 44.9 Å². The summed E-state index contributed by atoms with van der Waals surface area (Å²) < 4.78 is 25.0. The van der Waals surface area contributed by atoms with Crippen molar-refractivity contribution in [2.75, 3.05) is 23.4 Å². The van der Waals surface area contributed by atoms with Crippen LogP contribution in [0.5, 0.6) is 11.5 Å². The molecule has 4 rings (SSSR count). The minimum absolute atomic E-state index is 0.238. The number of nitrogens with one attached hydrogen (secondary N) is 1. The minimum Gasteiger partial charge on any atom is -0.490 e. The second-order valence-corrected chi connectivity index (χ2v) is 10.0. The summed E-state index contributed by atoms with van der Waals surface area (Å²) in [6, 6.07) is 15.5. The van der Waals surface area contributed by atoms with E-state index in [1.807, 2.05) is 6.92 Å². The number of amides is 2. The second-order valence-electron chi connectivity index (χ2n) is 7.57. The van der Waals surface area contributed by atoms with Crippen molar-refractivity contribution >= 4 is 80.8 Å². The van der Waals surface area contributed by atoms with Gasteiger partial charge in [-0.15, -0.1) is 0 Å². The maximum absolute atomic E-state index is 13.3. The molecule has 190 valence electrons. The van der Waals surface area contributed by atoms with Crippen molar-refractivity contribution in [3.8, 4) is 11.5 Å².